The minimum absolute atomic E-state index is 0.280. The highest BCUT2D eigenvalue weighted by Gasteiger charge is 2.21. The second-order valence-electron chi connectivity index (χ2n) is 5.69. The average Bonchev–Trinajstić information content (AvgIpc) is 2.93. The van der Waals surface area contributed by atoms with Crippen molar-refractivity contribution in [1.82, 2.24) is 0 Å². The Morgan fingerprint density at radius 2 is 1.55 bits per heavy atom. The summed E-state index contributed by atoms with van der Waals surface area (Å²) >= 11 is 0. The summed E-state index contributed by atoms with van der Waals surface area (Å²) < 4.78 is 0. The molecule has 0 aliphatic heterocycles. The van der Waals surface area contributed by atoms with E-state index in [0.717, 1.165) is 17.6 Å². The Bertz CT molecular complexity index is 873. The van der Waals surface area contributed by atoms with Crippen molar-refractivity contribution in [1.29, 1.82) is 0 Å². The number of fused-ring (bicyclic) bond motifs is 3. The summed E-state index contributed by atoms with van der Waals surface area (Å²) in [5.41, 5.74) is 8.61. The smallest absolute Gasteiger partial charge is 0.115 e. The first-order chi connectivity index (χ1) is 10.7. The van der Waals surface area contributed by atoms with Crippen LogP contribution >= 0.6 is 0 Å². The molecule has 0 amide bonds. The number of phenolic OH excluding ortho intramolecular Hbond substituents is 1. The number of hydrogen-bond donors (Lipinski definition) is 1. The highest BCUT2D eigenvalue weighted by atomic mass is 16.3. The first-order valence-corrected chi connectivity index (χ1v) is 7.43. The zero-order chi connectivity index (χ0) is 15.1. The molecule has 0 spiro atoms. The summed E-state index contributed by atoms with van der Waals surface area (Å²) in [6, 6.07) is 22.2. The zero-order valence-corrected chi connectivity index (χ0v) is 12.2. The molecule has 1 aliphatic carbocycles. The molecule has 0 atom stereocenters. The molecule has 4 rings (SSSR count). The molecule has 0 saturated heterocycles. The van der Waals surface area contributed by atoms with Crippen LogP contribution in [-0.2, 0) is 6.42 Å². The van der Waals surface area contributed by atoms with Crippen LogP contribution in [0.25, 0.3) is 16.7 Å². The largest absolute Gasteiger partial charge is 0.508 e. The predicted molar refractivity (Wildman–Crippen MR) is 90.9 cm³/mol. The monoisotopic (exact) mass is 284 g/mol. The molecule has 3 aromatic rings. The lowest BCUT2D eigenvalue weighted by molar-refractivity contribution is 0.475. The number of aromatic hydroxyl groups is 1. The molecule has 0 heterocycles. The lowest BCUT2D eigenvalue weighted by Gasteiger charge is -2.12. The summed E-state index contributed by atoms with van der Waals surface area (Å²) in [6.45, 7) is 4.28. The van der Waals surface area contributed by atoms with Crippen LogP contribution in [0.4, 0.5) is 0 Å². The third kappa shape index (κ3) is 1.94. The maximum atomic E-state index is 9.45. The van der Waals surface area contributed by atoms with Crippen molar-refractivity contribution in [2.45, 2.75) is 6.42 Å². The van der Waals surface area contributed by atoms with E-state index < -0.39 is 0 Å². The van der Waals surface area contributed by atoms with E-state index in [2.05, 4.69) is 49.0 Å². The van der Waals surface area contributed by atoms with E-state index in [-0.39, 0.29) is 5.75 Å². The van der Waals surface area contributed by atoms with E-state index in [1.54, 1.807) is 12.1 Å². The zero-order valence-electron chi connectivity index (χ0n) is 12.2. The van der Waals surface area contributed by atoms with E-state index in [9.17, 15) is 5.11 Å². The highest BCUT2D eigenvalue weighted by molar-refractivity contribution is 5.87. The SMILES string of the molecule is C=C(c1ccc(O)cc1)c1cccc2c1Cc1ccccc1-2. The summed E-state index contributed by atoms with van der Waals surface area (Å²) in [4.78, 5) is 0. The minimum Gasteiger partial charge on any atom is -0.508 e. The molecule has 3 aromatic carbocycles. The summed E-state index contributed by atoms with van der Waals surface area (Å²) in [6.07, 6.45) is 0.957. The van der Waals surface area contributed by atoms with E-state index in [1.165, 1.54) is 27.8 Å². The third-order valence-electron chi connectivity index (χ3n) is 4.39. The molecule has 0 saturated carbocycles. The lowest BCUT2D eigenvalue weighted by Crippen LogP contribution is -1.93. The van der Waals surface area contributed by atoms with Gasteiger partial charge >= 0.3 is 0 Å². The molecule has 0 bridgehead atoms. The van der Waals surface area contributed by atoms with Gasteiger partial charge in [0.05, 0.1) is 0 Å². The van der Waals surface area contributed by atoms with Crippen LogP contribution in [0.15, 0.2) is 73.3 Å². The predicted octanol–water partition coefficient (Wildman–Crippen LogP) is 5.02. The van der Waals surface area contributed by atoms with Gasteiger partial charge in [0.2, 0.25) is 0 Å². The van der Waals surface area contributed by atoms with Gasteiger partial charge in [0, 0.05) is 0 Å². The minimum atomic E-state index is 0.280. The van der Waals surface area contributed by atoms with Crippen molar-refractivity contribution in [2.75, 3.05) is 0 Å². The van der Waals surface area contributed by atoms with E-state index >= 15 is 0 Å². The maximum absolute atomic E-state index is 9.45. The highest BCUT2D eigenvalue weighted by Crippen LogP contribution is 2.40. The van der Waals surface area contributed by atoms with Crippen molar-refractivity contribution < 1.29 is 5.11 Å². The second kappa shape index (κ2) is 4.88. The standard InChI is InChI=1S/C21H16O/c1-14(15-9-11-17(22)12-10-15)18-7-4-8-20-19-6-3-2-5-16(19)13-21(18)20/h2-12,22H,1,13H2. The van der Waals surface area contributed by atoms with Gasteiger partial charge in [-0.15, -0.1) is 0 Å². The van der Waals surface area contributed by atoms with Crippen LogP contribution in [0.3, 0.4) is 0 Å². The maximum Gasteiger partial charge on any atom is 0.115 e. The number of benzene rings is 3. The third-order valence-corrected chi connectivity index (χ3v) is 4.39. The van der Waals surface area contributed by atoms with Crippen molar-refractivity contribution in [3.63, 3.8) is 0 Å². The van der Waals surface area contributed by atoms with Crippen LogP contribution in [0.1, 0.15) is 22.3 Å². The number of phenols is 1. The van der Waals surface area contributed by atoms with Gasteiger partial charge in [0.25, 0.3) is 0 Å². The average molecular weight is 284 g/mol. The molecule has 0 aromatic heterocycles. The first kappa shape index (κ1) is 12.9. The van der Waals surface area contributed by atoms with Gasteiger partial charge in [-0.1, -0.05) is 61.2 Å². The number of rotatable bonds is 2. The fraction of sp³-hybridized carbons (Fsp3) is 0.0476. The Morgan fingerprint density at radius 3 is 2.36 bits per heavy atom. The van der Waals surface area contributed by atoms with Gasteiger partial charge in [0.15, 0.2) is 0 Å². The van der Waals surface area contributed by atoms with Crippen LogP contribution in [0.2, 0.25) is 0 Å². The molecule has 1 nitrogen and oxygen atoms in total. The quantitative estimate of drug-likeness (QED) is 0.547. The molecule has 22 heavy (non-hydrogen) atoms. The molecule has 106 valence electrons. The Hall–Kier alpha value is -2.80. The molecular weight excluding hydrogens is 268 g/mol. The topological polar surface area (TPSA) is 20.2 Å². The van der Waals surface area contributed by atoms with Crippen molar-refractivity contribution in [2.24, 2.45) is 0 Å². The molecule has 0 unspecified atom stereocenters. The van der Waals surface area contributed by atoms with Gasteiger partial charge in [-0.3, -0.25) is 0 Å². The lowest BCUT2D eigenvalue weighted by atomic mass is 9.92. The molecular formula is C21H16O. The summed E-state index contributed by atoms with van der Waals surface area (Å²) in [5.74, 6) is 0.280. The van der Waals surface area contributed by atoms with Crippen LogP contribution < -0.4 is 0 Å². The Labute approximate surface area is 130 Å². The van der Waals surface area contributed by atoms with Gasteiger partial charge in [-0.2, -0.15) is 0 Å². The van der Waals surface area contributed by atoms with Gasteiger partial charge in [-0.05, 0) is 57.5 Å². The molecule has 1 aliphatic rings. The van der Waals surface area contributed by atoms with Gasteiger partial charge < -0.3 is 5.11 Å². The van der Waals surface area contributed by atoms with Gasteiger partial charge in [0.1, 0.15) is 5.75 Å². The Balaban J connectivity index is 1.82. The first-order valence-electron chi connectivity index (χ1n) is 7.43. The molecule has 1 heteroatoms. The van der Waals surface area contributed by atoms with Crippen LogP contribution in [-0.4, -0.2) is 5.11 Å². The molecule has 0 fully saturated rings. The van der Waals surface area contributed by atoms with Gasteiger partial charge in [-0.25, -0.2) is 0 Å². The normalized spacial score (nSPS) is 11.8. The molecule has 0 radical (unpaired) electrons. The van der Waals surface area contributed by atoms with Crippen LogP contribution in [0.5, 0.6) is 5.75 Å². The summed E-state index contributed by atoms with van der Waals surface area (Å²) in [7, 11) is 0. The second-order valence-corrected chi connectivity index (χ2v) is 5.69. The van der Waals surface area contributed by atoms with Crippen molar-refractivity contribution in [3.05, 3.63) is 95.6 Å². The Morgan fingerprint density at radius 1 is 0.818 bits per heavy atom. The van der Waals surface area contributed by atoms with Crippen LogP contribution in [0, 0.1) is 0 Å². The fourth-order valence-electron chi connectivity index (χ4n) is 3.26. The van der Waals surface area contributed by atoms with Crippen molar-refractivity contribution in [3.8, 4) is 16.9 Å². The van der Waals surface area contributed by atoms with E-state index in [1.807, 2.05) is 12.1 Å². The Kier molecular flexibility index (Phi) is 2.87. The summed E-state index contributed by atoms with van der Waals surface area (Å²) in [5, 5.41) is 9.45. The number of hydrogen-bond acceptors (Lipinski definition) is 1. The fourth-order valence-corrected chi connectivity index (χ4v) is 3.26. The molecule has 1 N–H and O–H groups in total. The van der Waals surface area contributed by atoms with E-state index in [0.29, 0.717) is 0 Å². The van der Waals surface area contributed by atoms with E-state index in [4.69, 9.17) is 0 Å². The van der Waals surface area contributed by atoms with Crippen molar-refractivity contribution >= 4 is 5.57 Å².